The molecule has 4 nitrogen and oxygen atoms in total. The highest BCUT2D eigenvalue weighted by atomic mass is 35.5. The van der Waals surface area contributed by atoms with Crippen LogP contribution in [-0.2, 0) is 20.7 Å². The van der Waals surface area contributed by atoms with Crippen LogP contribution in [0.25, 0.3) is 0 Å². The summed E-state index contributed by atoms with van der Waals surface area (Å²) in [5, 5.41) is 0.634. The van der Waals surface area contributed by atoms with E-state index in [4.69, 9.17) is 11.6 Å². The van der Waals surface area contributed by atoms with E-state index in [9.17, 15) is 9.59 Å². The third-order valence-corrected chi connectivity index (χ3v) is 3.04. The molecule has 0 radical (unpaired) electrons. The maximum atomic E-state index is 12.2. The molecule has 108 valence electrons. The van der Waals surface area contributed by atoms with Gasteiger partial charge >= 0.3 is 5.97 Å². The van der Waals surface area contributed by atoms with Crippen molar-refractivity contribution in [1.82, 2.24) is 4.90 Å². The number of amides is 1. The first-order valence-electron chi connectivity index (χ1n) is 6.26. The van der Waals surface area contributed by atoms with Crippen molar-refractivity contribution < 1.29 is 14.3 Å². The van der Waals surface area contributed by atoms with Crippen LogP contribution in [0.5, 0.6) is 0 Å². The van der Waals surface area contributed by atoms with Crippen LogP contribution in [0.2, 0.25) is 5.02 Å². The number of benzene rings is 1. The summed E-state index contributed by atoms with van der Waals surface area (Å²) in [5.41, 5.74) is 0.881. The normalized spacial score (nSPS) is 9.90. The Bertz CT molecular complexity index is 471. The Morgan fingerprint density at radius 1 is 1.35 bits per heavy atom. The van der Waals surface area contributed by atoms with Crippen LogP contribution in [0, 0.1) is 0 Å². The van der Waals surface area contributed by atoms with Gasteiger partial charge in [-0.3, -0.25) is 9.59 Å². The zero-order valence-corrected chi connectivity index (χ0v) is 12.2. The van der Waals surface area contributed by atoms with E-state index in [2.05, 4.69) is 11.3 Å². The summed E-state index contributed by atoms with van der Waals surface area (Å²) in [7, 11) is 1.33. The third-order valence-electron chi connectivity index (χ3n) is 2.78. The molecule has 20 heavy (non-hydrogen) atoms. The minimum atomic E-state index is -0.335. The van der Waals surface area contributed by atoms with Crippen LogP contribution in [0.4, 0.5) is 0 Å². The summed E-state index contributed by atoms with van der Waals surface area (Å²) in [5.74, 6) is -0.394. The number of carbonyl (C=O) groups is 2. The minimum Gasteiger partial charge on any atom is -0.469 e. The molecule has 1 rings (SSSR count). The van der Waals surface area contributed by atoms with Gasteiger partial charge in [0.05, 0.1) is 20.0 Å². The lowest BCUT2D eigenvalue weighted by Gasteiger charge is -2.20. The standard InChI is InChI=1S/C15H18ClNO3/c1-3-9-17(10-8-15(19)20-2)14(18)11-12-4-6-13(16)7-5-12/h3-7H,1,8-11H2,2H3. The van der Waals surface area contributed by atoms with E-state index >= 15 is 0 Å². The van der Waals surface area contributed by atoms with Crippen molar-refractivity contribution in [3.63, 3.8) is 0 Å². The van der Waals surface area contributed by atoms with Gasteiger partial charge in [-0.25, -0.2) is 0 Å². The van der Waals surface area contributed by atoms with Gasteiger partial charge in [0, 0.05) is 18.1 Å². The Labute approximate surface area is 124 Å². The topological polar surface area (TPSA) is 46.6 Å². The van der Waals surface area contributed by atoms with Gasteiger partial charge in [0.2, 0.25) is 5.91 Å². The molecule has 0 unspecified atom stereocenters. The van der Waals surface area contributed by atoms with Crippen molar-refractivity contribution in [3.8, 4) is 0 Å². The molecule has 1 amide bonds. The first-order valence-corrected chi connectivity index (χ1v) is 6.64. The lowest BCUT2D eigenvalue weighted by molar-refractivity contribution is -0.141. The molecule has 5 heteroatoms. The Hall–Kier alpha value is -1.81. The van der Waals surface area contributed by atoms with Crippen LogP contribution < -0.4 is 0 Å². The molecule has 1 aromatic rings. The van der Waals surface area contributed by atoms with Gasteiger partial charge < -0.3 is 9.64 Å². The monoisotopic (exact) mass is 295 g/mol. The zero-order valence-electron chi connectivity index (χ0n) is 11.5. The fraction of sp³-hybridized carbons (Fsp3) is 0.333. The summed E-state index contributed by atoms with van der Waals surface area (Å²) >= 11 is 5.80. The molecule has 0 aliphatic heterocycles. The predicted molar refractivity (Wildman–Crippen MR) is 78.6 cm³/mol. The number of hydrogen-bond acceptors (Lipinski definition) is 3. The maximum Gasteiger partial charge on any atom is 0.307 e. The number of rotatable bonds is 7. The molecule has 0 saturated carbocycles. The molecule has 0 fully saturated rings. The summed E-state index contributed by atoms with van der Waals surface area (Å²) in [4.78, 5) is 24.9. The summed E-state index contributed by atoms with van der Waals surface area (Å²) in [6, 6.07) is 7.12. The Balaban J connectivity index is 2.61. The highest BCUT2D eigenvalue weighted by Gasteiger charge is 2.14. The quantitative estimate of drug-likeness (QED) is 0.573. The van der Waals surface area contributed by atoms with Crippen LogP contribution in [0.15, 0.2) is 36.9 Å². The predicted octanol–water partition coefficient (Wildman–Crippen LogP) is 2.46. The lowest BCUT2D eigenvalue weighted by Crippen LogP contribution is -2.34. The minimum absolute atomic E-state index is 0.0591. The molecule has 0 saturated heterocycles. The number of ether oxygens (including phenoxy) is 1. The van der Waals surface area contributed by atoms with Crippen LogP contribution in [0.3, 0.4) is 0 Å². The van der Waals surface area contributed by atoms with Gasteiger partial charge in [0.25, 0.3) is 0 Å². The molecule has 0 N–H and O–H groups in total. The Kier molecular flexibility index (Phi) is 6.81. The van der Waals surface area contributed by atoms with E-state index in [1.807, 2.05) is 12.1 Å². The second kappa shape index (κ2) is 8.38. The molecule has 1 aromatic carbocycles. The van der Waals surface area contributed by atoms with Gasteiger partial charge in [-0.1, -0.05) is 29.8 Å². The molecular weight excluding hydrogens is 278 g/mol. The number of hydrogen-bond donors (Lipinski definition) is 0. The fourth-order valence-electron chi connectivity index (χ4n) is 1.69. The van der Waals surface area contributed by atoms with E-state index in [0.717, 1.165) is 5.56 Å². The van der Waals surface area contributed by atoms with Crippen molar-refractivity contribution in [1.29, 1.82) is 0 Å². The first kappa shape index (κ1) is 16.2. The largest absolute Gasteiger partial charge is 0.469 e. The molecule has 0 aromatic heterocycles. The van der Waals surface area contributed by atoms with E-state index in [0.29, 0.717) is 18.1 Å². The maximum absolute atomic E-state index is 12.2. The molecule has 0 spiro atoms. The third kappa shape index (κ3) is 5.45. The summed E-state index contributed by atoms with van der Waals surface area (Å²) in [6.45, 7) is 4.35. The Morgan fingerprint density at radius 3 is 2.55 bits per heavy atom. The SMILES string of the molecule is C=CCN(CCC(=O)OC)C(=O)Cc1ccc(Cl)cc1. The van der Waals surface area contributed by atoms with Crippen LogP contribution in [0.1, 0.15) is 12.0 Å². The van der Waals surface area contributed by atoms with Crippen molar-refractivity contribution >= 4 is 23.5 Å². The molecule has 0 heterocycles. The number of methoxy groups -OCH3 is 1. The molecule has 0 atom stereocenters. The molecular formula is C15H18ClNO3. The van der Waals surface area contributed by atoms with Gasteiger partial charge in [0.1, 0.15) is 0 Å². The Morgan fingerprint density at radius 2 is 2.00 bits per heavy atom. The highest BCUT2D eigenvalue weighted by Crippen LogP contribution is 2.11. The van der Waals surface area contributed by atoms with Crippen molar-refractivity contribution in [2.75, 3.05) is 20.2 Å². The second-order valence-electron chi connectivity index (χ2n) is 4.26. The number of carbonyl (C=O) groups excluding carboxylic acids is 2. The van der Waals surface area contributed by atoms with Gasteiger partial charge in [-0.05, 0) is 17.7 Å². The van der Waals surface area contributed by atoms with Gasteiger partial charge in [0.15, 0.2) is 0 Å². The van der Waals surface area contributed by atoms with Crippen LogP contribution in [-0.4, -0.2) is 37.0 Å². The van der Waals surface area contributed by atoms with Gasteiger partial charge in [-0.2, -0.15) is 0 Å². The zero-order chi connectivity index (χ0) is 15.0. The average molecular weight is 296 g/mol. The van der Waals surface area contributed by atoms with E-state index in [1.54, 1.807) is 23.1 Å². The number of halogens is 1. The molecule has 0 bridgehead atoms. The van der Waals surface area contributed by atoms with Crippen molar-refractivity contribution in [3.05, 3.63) is 47.5 Å². The fourth-order valence-corrected chi connectivity index (χ4v) is 1.82. The number of esters is 1. The average Bonchev–Trinajstić information content (AvgIpc) is 2.45. The van der Waals surface area contributed by atoms with E-state index in [1.165, 1.54) is 7.11 Å². The smallest absolute Gasteiger partial charge is 0.307 e. The van der Waals surface area contributed by atoms with Crippen molar-refractivity contribution in [2.24, 2.45) is 0 Å². The number of nitrogens with zero attached hydrogens (tertiary/aromatic N) is 1. The van der Waals surface area contributed by atoms with E-state index in [-0.39, 0.29) is 24.7 Å². The summed E-state index contributed by atoms with van der Waals surface area (Å²) < 4.78 is 4.57. The van der Waals surface area contributed by atoms with Crippen molar-refractivity contribution in [2.45, 2.75) is 12.8 Å². The second-order valence-corrected chi connectivity index (χ2v) is 4.69. The first-order chi connectivity index (χ1) is 9.56. The molecule has 0 aliphatic rings. The van der Waals surface area contributed by atoms with E-state index < -0.39 is 0 Å². The van der Waals surface area contributed by atoms with Crippen LogP contribution >= 0.6 is 11.6 Å². The van der Waals surface area contributed by atoms with Gasteiger partial charge in [-0.15, -0.1) is 6.58 Å². The molecule has 0 aliphatic carbocycles. The lowest BCUT2D eigenvalue weighted by atomic mass is 10.1. The summed E-state index contributed by atoms with van der Waals surface area (Å²) in [6.07, 6.45) is 2.08. The highest BCUT2D eigenvalue weighted by molar-refractivity contribution is 6.30.